The van der Waals surface area contributed by atoms with Crippen LogP contribution in [0.3, 0.4) is 0 Å². The molecule has 0 spiro atoms. The van der Waals surface area contributed by atoms with Crippen molar-refractivity contribution in [3.63, 3.8) is 0 Å². The average molecular weight is 280 g/mol. The van der Waals surface area contributed by atoms with Crippen molar-refractivity contribution in [3.8, 4) is 0 Å². The summed E-state index contributed by atoms with van der Waals surface area (Å²) in [6.45, 7) is -0.264. The van der Waals surface area contributed by atoms with E-state index in [0.717, 1.165) is 0 Å². The van der Waals surface area contributed by atoms with Gasteiger partial charge in [-0.05, 0) is 12.1 Å². The van der Waals surface area contributed by atoms with E-state index >= 15 is 0 Å². The van der Waals surface area contributed by atoms with E-state index in [1.165, 1.54) is 12.3 Å². The lowest BCUT2D eigenvalue weighted by Crippen LogP contribution is -2.33. The lowest BCUT2D eigenvalue weighted by molar-refractivity contribution is 0.317. The van der Waals surface area contributed by atoms with Crippen LogP contribution in [0.15, 0.2) is 46.7 Å². The maximum atomic E-state index is 12.1. The monoisotopic (exact) mass is 280 g/mol. The van der Waals surface area contributed by atoms with E-state index in [-0.39, 0.29) is 17.3 Å². The molecule has 0 bridgehead atoms. The molecule has 7 nitrogen and oxygen atoms in total. The molecule has 0 saturated carbocycles. The number of rotatable bonds is 4. The zero-order valence-electron chi connectivity index (χ0n) is 9.81. The Kier molecular flexibility index (Phi) is 3.63. The van der Waals surface area contributed by atoms with E-state index in [9.17, 15) is 8.42 Å². The van der Waals surface area contributed by atoms with Gasteiger partial charge in [0.25, 0.3) is 0 Å². The maximum Gasteiger partial charge on any atom is 0.241 e. The molecule has 0 unspecified atom stereocenters. The molecular formula is C11H12N4O3S. The summed E-state index contributed by atoms with van der Waals surface area (Å²) in [6, 6.07) is 6.50. The lowest BCUT2D eigenvalue weighted by Gasteiger charge is -2.08. The number of oxime groups is 1. The van der Waals surface area contributed by atoms with Gasteiger partial charge in [0, 0.05) is 23.2 Å². The fraction of sp³-hybridized carbons (Fsp3) is 0.0909. The molecule has 0 atom stereocenters. The molecule has 19 heavy (non-hydrogen) atoms. The molecule has 1 aromatic carbocycles. The number of hydrogen-bond donors (Lipinski definition) is 3. The van der Waals surface area contributed by atoms with Gasteiger partial charge < -0.3 is 10.9 Å². The Morgan fingerprint density at radius 2 is 2.21 bits per heavy atom. The van der Waals surface area contributed by atoms with Crippen LogP contribution in [-0.4, -0.2) is 31.0 Å². The molecule has 1 aromatic heterocycles. The van der Waals surface area contributed by atoms with E-state index in [2.05, 4.69) is 14.9 Å². The first-order chi connectivity index (χ1) is 9.04. The zero-order chi connectivity index (χ0) is 13.9. The molecular weight excluding hydrogens is 268 g/mol. The van der Waals surface area contributed by atoms with Crippen LogP contribution in [0.5, 0.6) is 0 Å². The second kappa shape index (κ2) is 5.21. The van der Waals surface area contributed by atoms with E-state index in [0.29, 0.717) is 10.8 Å². The van der Waals surface area contributed by atoms with Gasteiger partial charge in [-0.1, -0.05) is 17.3 Å². The number of nitrogens with one attached hydrogen (secondary N) is 1. The highest BCUT2D eigenvalue weighted by molar-refractivity contribution is 7.89. The molecule has 0 amide bonds. The normalized spacial score (nSPS) is 12.7. The van der Waals surface area contributed by atoms with Gasteiger partial charge in [0.1, 0.15) is 0 Å². The second-order valence-electron chi connectivity index (χ2n) is 3.77. The van der Waals surface area contributed by atoms with E-state index in [1.54, 1.807) is 24.4 Å². The SMILES string of the molecule is N/C(CNS(=O)(=O)c1cccc2cnccc12)=N\O. The molecule has 2 aromatic rings. The molecule has 4 N–H and O–H groups in total. The summed E-state index contributed by atoms with van der Waals surface area (Å²) in [5, 5.41) is 12.4. The van der Waals surface area contributed by atoms with Crippen molar-refractivity contribution in [2.24, 2.45) is 10.9 Å². The Bertz CT molecular complexity index is 722. The number of nitrogens with two attached hydrogens (primary N) is 1. The number of fused-ring (bicyclic) bond motifs is 1. The maximum absolute atomic E-state index is 12.1. The first-order valence-corrected chi connectivity index (χ1v) is 6.82. The van der Waals surface area contributed by atoms with Crippen molar-refractivity contribution in [2.75, 3.05) is 6.54 Å². The first kappa shape index (κ1) is 13.2. The Morgan fingerprint density at radius 3 is 2.95 bits per heavy atom. The Labute approximate surface area is 109 Å². The van der Waals surface area contributed by atoms with Crippen molar-refractivity contribution in [1.82, 2.24) is 9.71 Å². The van der Waals surface area contributed by atoms with Gasteiger partial charge in [-0.2, -0.15) is 0 Å². The number of aromatic nitrogens is 1. The van der Waals surface area contributed by atoms with Crippen LogP contribution in [-0.2, 0) is 10.0 Å². The van der Waals surface area contributed by atoms with Crippen LogP contribution in [0.1, 0.15) is 0 Å². The third-order valence-electron chi connectivity index (χ3n) is 2.50. The highest BCUT2D eigenvalue weighted by atomic mass is 32.2. The Balaban J connectivity index is 2.43. The van der Waals surface area contributed by atoms with E-state index in [4.69, 9.17) is 10.9 Å². The average Bonchev–Trinajstić information content (AvgIpc) is 2.44. The fourth-order valence-corrected chi connectivity index (χ4v) is 2.84. The van der Waals surface area contributed by atoms with Crippen LogP contribution in [0, 0.1) is 0 Å². The summed E-state index contributed by atoms with van der Waals surface area (Å²) in [4.78, 5) is 4.06. The van der Waals surface area contributed by atoms with Crippen molar-refractivity contribution in [1.29, 1.82) is 0 Å². The molecule has 100 valence electrons. The van der Waals surface area contributed by atoms with Crippen molar-refractivity contribution in [2.45, 2.75) is 4.90 Å². The number of nitrogens with zero attached hydrogens (tertiary/aromatic N) is 2. The molecule has 0 radical (unpaired) electrons. The number of benzene rings is 1. The van der Waals surface area contributed by atoms with Crippen molar-refractivity contribution in [3.05, 3.63) is 36.7 Å². The summed E-state index contributed by atoms with van der Waals surface area (Å²) in [6.07, 6.45) is 3.10. The number of sulfonamides is 1. The Hall–Kier alpha value is -2.19. The topological polar surface area (TPSA) is 118 Å². The second-order valence-corrected chi connectivity index (χ2v) is 5.50. The molecule has 2 rings (SSSR count). The Morgan fingerprint density at radius 1 is 1.42 bits per heavy atom. The third kappa shape index (κ3) is 2.80. The van der Waals surface area contributed by atoms with Crippen molar-refractivity contribution >= 4 is 26.6 Å². The summed E-state index contributed by atoms with van der Waals surface area (Å²) >= 11 is 0. The van der Waals surface area contributed by atoms with E-state index < -0.39 is 10.0 Å². The minimum atomic E-state index is -3.74. The minimum absolute atomic E-state index is 0.123. The molecule has 0 fully saturated rings. The van der Waals surface area contributed by atoms with Crippen LogP contribution in [0.4, 0.5) is 0 Å². The molecule has 1 heterocycles. The smallest absolute Gasteiger partial charge is 0.241 e. The zero-order valence-corrected chi connectivity index (χ0v) is 10.6. The lowest BCUT2D eigenvalue weighted by atomic mass is 10.2. The molecule has 0 aliphatic heterocycles. The predicted octanol–water partition coefficient (Wildman–Crippen LogP) is 0.260. The van der Waals surface area contributed by atoms with Crippen LogP contribution in [0.25, 0.3) is 10.8 Å². The van der Waals surface area contributed by atoms with Gasteiger partial charge in [-0.15, -0.1) is 0 Å². The van der Waals surface area contributed by atoms with Crippen LogP contribution < -0.4 is 10.5 Å². The quantitative estimate of drug-likeness (QED) is 0.321. The molecule has 0 saturated heterocycles. The largest absolute Gasteiger partial charge is 0.409 e. The summed E-state index contributed by atoms with van der Waals surface area (Å²) in [5.41, 5.74) is 5.23. The third-order valence-corrected chi connectivity index (χ3v) is 3.96. The standard InChI is InChI=1S/C11H12N4O3S/c12-11(15-16)7-14-19(17,18)10-3-1-2-8-6-13-5-4-9(8)10/h1-6,14,16H,7H2,(H2,12,15). The van der Waals surface area contributed by atoms with Crippen LogP contribution in [0.2, 0.25) is 0 Å². The van der Waals surface area contributed by atoms with Gasteiger partial charge in [-0.25, -0.2) is 13.1 Å². The molecule has 0 aliphatic carbocycles. The summed E-state index contributed by atoms with van der Waals surface area (Å²) in [7, 11) is -3.74. The number of hydrogen-bond acceptors (Lipinski definition) is 5. The van der Waals surface area contributed by atoms with E-state index in [1.807, 2.05) is 0 Å². The van der Waals surface area contributed by atoms with Gasteiger partial charge >= 0.3 is 0 Å². The van der Waals surface area contributed by atoms with Crippen LogP contribution >= 0.6 is 0 Å². The number of amidine groups is 1. The first-order valence-electron chi connectivity index (χ1n) is 5.33. The summed E-state index contributed by atoms with van der Waals surface area (Å²) in [5.74, 6) is -0.217. The fourth-order valence-electron chi connectivity index (χ4n) is 1.61. The van der Waals surface area contributed by atoms with Gasteiger partial charge in [0.2, 0.25) is 10.0 Å². The summed E-state index contributed by atoms with van der Waals surface area (Å²) < 4.78 is 26.5. The van der Waals surface area contributed by atoms with Gasteiger partial charge in [0.15, 0.2) is 5.84 Å². The molecule has 0 aliphatic rings. The number of pyridine rings is 1. The van der Waals surface area contributed by atoms with Crippen molar-refractivity contribution < 1.29 is 13.6 Å². The molecule has 8 heteroatoms. The minimum Gasteiger partial charge on any atom is -0.409 e. The highest BCUT2D eigenvalue weighted by Crippen LogP contribution is 2.21. The highest BCUT2D eigenvalue weighted by Gasteiger charge is 2.17. The van der Waals surface area contributed by atoms with Gasteiger partial charge in [0.05, 0.1) is 11.4 Å². The predicted molar refractivity (Wildman–Crippen MR) is 70.3 cm³/mol. The van der Waals surface area contributed by atoms with Gasteiger partial charge in [-0.3, -0.25) is 4.98 Å².